The number of hydrogen-bond donors (Lipinski definition) is 2. The van der Waals surface area contributed by atoms with E-state index < -0.39 is 0 Å². The van der Waals surface area contributed by atoms with Crippen LogP contribution in [0.1, 0.15) is 28.2 Å². The molecule has 18 heavy (non-hydrogen) atoms. The van der Waals surface area contributed by atoms with Gasteiger partial charge < -0.3 is 10.4 Å². The minimum Gasteiger partial charge on any atom is -0.394 e. The summed E-state index contributed by atoms with van der Waals surface area (Å²) in [7, 11) is 1.88. The van der Waals surface area contributed by atoms with Crippen LogP contribution in [-0.4, -0.2) is 32.9 Å². The number of aromatic nitrogens is 2. The molecule has 2 aromatic rings. The number of amides is 1. The molecule has 5 nitrogen and oxygen atoms in total. The van der Waals surface area contributed by atoms with Gasteiger partial charge in [-0.1, -0.05) is 0 Å². The lowest BCUT2D eigenvalue weighted by molar-refractivity contribution is 0.0911. The lowest BCUT2D eigenvalue weighted by Gasteiger charge is -2.12. The number of rotatable bonds is 3. The summed E-state index contributed by atoms with van der Waals surface area (Å²) in [5.74, 6) is -0.0952. The molecular weight excluding hydrogens is 250 g/mol. The highest BCUT2D eigenvalue weighted by Crippen LogP contribution is 2.35. The average molecular weight is 265 g/mol. The molecule has 0 aliphatic heterocycles. The topological polar surface area (TPSA) is 67.2 Å². The Hall–Kier alpha value is -1.40. The molecule has 0 saturated heterocycles. The van der Waals surface area contributed by atoms with Crippen LogP contribution in [0.2, 0.25) is 0 Å². The van der Waals surface area contributed by atoms with Crippen molar-refractivity contribution in [3.8, 4) is 0 Å². The molecule has 2 aromatic heterocycles. The third-order valence-corrected chi connectivity index (χ3v) is 4.66. The zero-order valence-electron chi connectivity index (χ0n) is 10.4. The molecule has 1 fully saturated rings. The number of fused-ring (bicyclic) bond motifs is 1. The van der Waals surface area contributed by atoms with Crippen molar-refractivity contribution in [2.45, 2.75) is 25.3 Å². The zero-order valence-corrected chi connectivity index (χ0v) is 11.2. The van der Waals surface area contributed by atoms with E-state index in [4.69, 9.17) is 0 Å². The lowest BCUT2D eigenvalue weighted by atomic mass is 10.2. The van der Waals surface area contributed by atoms with Crippen molar-refractivity contribution in [2.75, 3.05) is 6.61 Å². The number of hydrogen-bond acceptors (Lipinski definition) is 4. The maximum absolute atomic E-state index is 12.1. The molecule has 6 heteroatoms. The van der Waals surface area contributed by atoms with Crippen molar-refractivity contribution in [1.29, 1.82) is 0 Å². The van der Waals surface area contributed by atoms with Gasteiger partial charge in [0.15, 0.2) is 0 Å². The summed E-state index contributed by atoms with van der Waals surface area (Å²) >= 11 is 1.44. The van der Waals surface area contributed by atoms with Gasteiger partial charge in [0.25, 0.3) is 5.91 Å². The van der Waals surface area contributed by atoms with Crippen molar-refractivity contribution < 1.29 is 9.90 Å². The third-order valence-electron chi connectivity index (χ3n) is 3.45. The monoisotopic (exact) mass is 265 g/mol. The first-order chi connectivity index (χ1) is 8.54. The molecule has 2 N–H and O–H groups in total. The van der Waals surface area contributed by atoms with E-state index in [-0.39, 0.29) is 18.1 Å². The lowest BCUT2D eigenvalue weighted by Crippen LogP contribution is -2.39. The second-order valence-corrected chi connectivity index (χ2v) is 5.96. The van der Waals surface area contributed by atoms with Crippen molar-refractivity contribution in [2.24, 2.45) is 7.05 Å². The third kappa shape index (κ3) is 1.72. The second-order valence-electron chi connectivity index (χ2n) is 4.93. The van der Waals surface area contributed by atoms with E-state index in [0.717, 1.165) is 28.8 Å². The van der Waals surface area contributed by atoms with Gasteiger partial charge in [-0.2, -0.15) is 5.10 Å². The number of nitrogens with one attached hydrogen (secondary N) is 1. The highest BCUT2D eigenvalue weighted by atomic mass is 32.1. The summed E-state index contributed by atoms with van der Waals surface area (Å²) in [6.07, 6.45) is 1.72. The van der Waals surface area contributed by atoms with Crippen LogP contribution >= 0.6 is 11.3 Å². The Labute approximate surface area is 108 Å². The number of carbonyl (C=O) groups excluding carboxylic acids is 1. The van der Waals surface area contributed by atoms with Crippen LogP contribution in [0, 0.1) is 6.92 Å². The molecule has 0 bridgehead atoms. The molecule has 0 radical (unpaired) electrons. The fraction of sp³-hybridized carbons (Fsp3) is 0.500. The zero-order chi connectivity index (χ0) is 12.9. The molecule has 3 rings (SSSR count). The molecular formula is C12H15N3O2S. The maximum Gasteiger partial charge on any atom is 0.261 e. The first kappa shape index (κ1) is 11.7. The summed E-state index contributed by atoms with van der Waals surface area (Å²) < 4.78 is 1.80. The molecule has 1 aliphatic rings. The maximum atomic E-state index is 12.1. The molecule has 1 aliphatic carbocycles. The molecule has 0 aromatic carbocycles. The smallest absolute Gasteiger partial charge is 0.261 e. The van der Waals surface area contributed by atoms with E-state index in [1.807, 2.05) is 20.0 Å². The molecule has 1 amide bonds. The summed E-state index contributed by atoms with van der Waals surface area (Å²) in [5, 5.41) is 17.5. The Morgan fingerprint density at radius 2 is 2.39 bits per heavy atom. The Morgan fingerprint density at radius 1 is 1.67 bits per heavy atom. The molecule has 0 atom stereocenters. The molecule has 0 spiro atoms. The van der Waals surface area contributed by atoms with E-state index >= 15 is 0 Å². The van der Waals surface area contributed by atoms with Gasteiger partial charge in [-0.15, -0.1) is 11.3 Å². The summed E-state index contributed by atoms with van der Waals surface area (Å²) in [6, 6.07) is 1.88. The second kappa shape index (κ2) is 3.80. The molecule has 0 unspecified atom stereocenters. The van der Waals surface area contributed by atoms with Crippen LogP contribution in [0.4, 0.5) is 0 Å². The molecule has 2 heterocycles. The van der Waals surface area contributed by atoms with E-state index in [0.29, 0.717) is 4.88 Å². The first-order valence-corrected chi connectivity index (χ1v) is 6.73. The highest BCUT2D eigenvalue weighted by molar-refractivity contribution is 7.20. The molecule has 1 saturated carbocycles. The summed E-state index contributed by atoms with van der Waals surface area (Å²) in [5.41, 5.74) is 0.576. The number of carbonyl (C=O) groups is 1. The van der Waals surface area contributed by atoms with Gasteiger partial charge in [0.05, 0.1) is 22.7 Å². The SMILES string of the molecule is Cc1nn(C)c2sc(C(=O)NC3(CO)CC3)cc12. The van der Waals surface area contributed by atoms with Gasteiger partial charge in [0.2, 0.25) is 0 Å². The standard InChI is InChI=1S/C12H15N3O2S/c1-7-8-5-9(18-11(8)15(2)14-7)10(17)13-12(6-16)3-4-12/h5,16H,3-4,6H2,1-2H3,(H,13,17). The van der Waals surface area contributed by atoms with Crippen LogP contribution < -0.4 is 5.32 Å². The van der Waals surface area contributed by atoms with Crippen LogP contribution in [-0.2, 0) is 7.05 Å². The van der Waals surface area contributed by atoms with E-state index in [1.54, 1.807) is 4.68 Å². The van der Waals surface area contributed by atoms with Crippen LogP contribution in [0.5, 0.6) is 0 Å². The summed E-state index contributed by atoms with van der Waals surface area (Å²) in [6.45, 7) is 1.96. The van der Waals surface area contributed by atoms with E-state index in [2.05, 4.69) is 10.4 Å². The quantitative estimate of drug-likeness (QED) is 0.876. The Kier molecular flexibility index (Phi) is 2.46. The van der Waals surface area contributed by atoms with Crippen molar-refractivity contribution >= 4 is 27.5 Å². The molecule has 96 valence electrons. The van der Waals surface area contributed by atoms with E-state index in [1.165, 1.54) is 11.3 Å². The average Bonchev–Trinajstić information content (AvgIpc) is 2.87. The fourth-order valence-electron chi connectivity index (χ4n) is 2.09. The van der Waals surface area contributed by atoms with Gasteiger partial charge in [-0.05, 0) is 25.8 Å². The highest BCUT2D eigenvalue weighted by Gasteiger charge is 2.43. The minimum atomic E-state index is -0.361. The summed E-state index contributed by atoms with van der Waals surface area (Å²) in [4.78, 5) is 13.8. The van der Waals surface area contributed by atoms with Crippen LogP contribution in [0.25, 0.3) is 10.2 Å². The predicted molar refractivity (Wildman–Crippen MR) is 69.8 cm³/mol. The number of nitrogens with zero attached hydrogens (tertiary/aromatic N) is 2. The van der Waals surface area contributed by atoms with Crippen molar-refractivity contribution in [1.82, 2.24) is 15.1 Å². The normalized spacial score (nSPS) is 17.1. The van der Waals surface area contributed by atoms with Crippen LogP contribution in [0.3, 0.4) is 0 Å². The predicted octanol–water partition coefficient (Wildman–Crippen LogP) is 1.20. The first-order valence-electron chi connectivity index (χ1n) is 5.91. The number of thiophene rings is 1. The number of aryl methyl sites for hydroxylation is 2. The van der Waals surface area contributed by atoms with Gasteiger partial charge in [0.1, 0.15) is 4.83 Å². The van der Waals surface area contributed by atoms with Gasteiger partial charge in [0, 0.05) is 12.4 Å². The Morgan fingerprint density at radius 3 is 2.94 bits per heavy atom. The van der Waals surface area contributed by atoms with Gasteiger partial charge >= 0.3 is 0 Å². The van der Waals surface area contributed by atoms with Crippen molar-refractivity contribution in [3.63, 3.8) is 0 Å². The fourth-order valence-corrected chi connectivity index (χ4v) is 3.11. The number of aliphatic hydroxyl groups is 1. The van der Waals surface area contributed by atoms with Gasteiger partial charge in [-0.3, -0.25) is 9.48 Å². The largest absolute Gasteiger partial charge is 0.394 e. The minimum absolute atomic E-state index is 0.0181. The van der Waals surface area contributed by atoms with Crippen molar-refractivity contribution in [3.05, 3.63) is 16.6 Å². The van der Waals surface area contributed by atoms with E-state index in [9.17, 15) is 9.90 Å². The Bertz CT molecular complexity index is 590. The van der Waals surface area contributed by atoms with Gasteiger partial charge in [-0.25, -0.2) is 0 Å². The van der Waals surface area contributed by atoms with Crippen LogP contribution in [0.15, 0.2) is 6.07 Å². The Balaban J connectivity index is 1.90. The number of aliphatic hydroxyl groups excluding tert-OH is 1.